The topological polar surface area (TPSA) is 0 Å². The van der Waals surface area contributed by atoms with Gasteiger partial charge >= 0.3 is 0 Å². The highest BCUT2D eigenvalue weighted by Crippen LogP contribution is 2.20. The highest BCUT2D eigenvalue weighted by molar-refractivity contribution is 6.36. The Morgan fingerprint density at radius 3 is 2.31 bits per heavy atom. The van der Waals surface area contributed by atoms with Crippen molar-refractivity contribution in [2.45, 2.75) is 53.2 Å². The van der Waals surface area contributed by atoms with E-state index in [0.717, 1.165) is 12.2 Å². The summed E-state index contributed by atoms with van der Waals surface area (Å²) in [7, 11) is 1.26. The molecule has 0 aromatic heterocycles. The molecule has 13 heavy (non-hydrogen) atoms. The number of hydrogen-bond acceptors (Lipinski definition) is 0. The molecule has 0 amide bonds. The van der Waals surface area contributed by atoms with E-state index in [2.05, 4.69) is 46.7 Å². The number of allylic oxidation sites excluding steroid dienone is 4. The fraction of sp³-hybridized carbons (Fsp3) is 0.667. The molecule has 0 N–H and O–H groups in total. The molecule has 0 saturated heterocycles. The van der Waals surface area contributed by atoms with Gasteiger partial charge in [0.15, 0.2) is 0 Å². The highest BCUT2D eigenvalue weighted by Gasteiger charge is 2.03. The maximum Gasteiger partial charge on any atom is 0.125 e. The first-order valence-electron chi connectivity index (χ1n) is 5.53. The van der Waals surface area contributed by atoms with E-state index in [9.17, 15) is 0 Å². The number of rotatable bonds is 5. The van der Waals surface area contributed by atoms with Crippen molar-refractivity contribution in [2.75, 3.05) is 0 Å². The molecule has 0 rings (SSSR count). The molecule has 74 valence electrons. The molecular weight excluding hydrogens is 155 g/mol. The minimum atomic E-state index is 0.768. The summed E-state index contributed by atoms with van der Waals surface area (Å²) in [5.74, 6) is 0.768. The Hall–Kier alpha value is -0.455. The quantitative estimate of drug-likeness (QED) is 0.441. The van der Waals surface area contributed by atoms with Crippen molar-refractivity contribution in [3.63, 3.8) is 0 Å². The summed E-state index contributed by atoms with van der Waals surface area (Å²) in [6.07, 6.45) is 7.08. The minimum absolute atomic E-state index is 0.768. The predicted molar refractivity (Wildman–Crippen MR) is 64.9 cm³/mol. The van der Waals surface area contributed by atoms with Gasteiger partial charge in [-0.3, -0.25) is 0 Å². The van der Waals surface area contributed by atoms with Gasteiger partial charge in [0.2, 0.25) is 0 Å². The van der Waals surface area contributed by atoms with Crippen LogP contribution in [0.25, 0.3) is 0 Å². The van der Waals surface area contributed by atoms with Crippen molar-refractivity contribution < 1.29 is 0 Å². The van der Waals surface area contributed by atoms with Crippen molar-refractivity contribution in [2.24, 2.45) is 0 Å². The van der Waals surface area contributed by atoms with Crippen LogP contribution in [-0.2, 0) is 0 Å². The van der Waals surface area contributed by atoms with E-state index in [0.29, 0.717) is 0 Å². The second-order valence-electron chi connectivity index (χ2n) is 3.59. The molecular formula is C12H23B. The molecule has 0 nitrogen and oxygen atoms in total. The highest BCUT2D eigenvalue weighted by atomic mass is 14.0. The van der Waals surface area contributed by atoms with Gasteiger partial charge in [-0.25, -0.2) is 0 Å². The van der Waals surface area contributed by atoms with Crippen molar-refractivity contribution in [1.29, 1.82) is 0 Å². The fourth-order valence-corrected chi connectivity index (χ4v) is 1.52. The normalized spacial score (nSPS) is 15.8. The third kappa shape index (κ3) is 4.35. The molecule has 1 unspecified atom stereocenters. The summed E-state index contributed by atoms with van der Waals surface area (Å²) in [5, 5.41) is 0. The van der Waals surface area contributed by atoms with Crippen LogP contribution in [0.15, 0.2) is 23.3 Å². The summed E-state index contributed by atoms with van der Waals surface area (Å²) in [6.45, 7) is 11.1. The van der Waals surface area contributed by atoms with Crippen LogP contribution in [0.2, 0.25) is 12.6 Å². The zero-order valence-corrected chi connectivity index (χ0v) is 9.85. The van der Waals surface area contributed by atoms with E-state index in [-0.39, 0.29) is 0 Å². The molecule has 0 aromatic carbocycles. The van der Waals surface area contributed by atoms with E-state index in [1.165, 1.54) is 24.8 Å². The molecule has 0 radical (unpaired) electrons. The van der Waals surface area contributed by atoms with Crippen molar-refractivity contribution in [3.05, 3.63) is 23.3 Å². The van der Waals surface area contributed by atoms with Gasteiger partial charge in [0.25, 0.3) is 0 Å². The average Bonchev–Trinajstić information content (AvgIpc) is 2.19. The van der Waals surface area contributed by atoms with Crippen LogP contribution < -0.4 is 0 Å². The van der Waals surface area contributed by atoms with Gasteiger partial charge in [-0.05, 0) is 26.1 Å². The standard InChI is InChI=1S/C12H23B/c1-6-10(4)11(7-2)9-12(8-3)13-5/h6,9,12-13H,7-8H2,1-5H3/b10-6-,11-9+. The molecule has 0 aliphatic heterocycles. The smallest absolute Gasteiger partial charge is 0.0888 e. The van der Waals surface area contributed by atoms with Crippen molar-refractivity contribution >= 4 is 7.28 Å². The van der Waals surface area contributed by atoms with E-state index < -0.39 is 0 Å². The molecule has 0 saturated carbocycles. The third-order valence-corrected chi connectivity index (χ3v) is 2.81. The summed E-state index contributed by atoms with van der Waals surface area (Å²) >= 11 is 0. The molecule has 0 spiro atoms. The Labute approximate surface area is 84.4 Å². The zero-order chi connectivity index (χ0) is 10.3. The molecule has 1 heteroatoms. The third-order valence-electron chi connectivity index (χ3n) is 2.81. The van der Waals surface area contributed by atoms with Crippen LogP contribution in [0.1, 0.15) is 40.5 Å². The van der Waals surface area contributed by atoms with Gasteiger partial charge in [-0.15, -0.1) is 0 Å². The van der Waals surface area contributed by atoms with Gasteiger partial charge in [0.1, 0.15) is 7.28 Å². The lowest BCUT2D eigenvalue weighted by atomic mass is 9.65. The predicted octanol–water partition coefficient (Wildman–Crippen LogP) is 3.97. The van der Waals surface area contributed by atoms with E-state index >= 15 is 0 Å². The summed E-state index contributed by atoms with van der Waals surface area (Å²) in [5.41, 5.74) is 2.96. The average molecular weight is 178 g/mol. The molecule has 0 aromatic rings. The Morgan fingerprint density at radius 2 is 2.00 bits per heavy atom. The van der Waals surface area contributed by atoms with Crippen LogP contribution in [0, 0.1) is 0 Å². The SMILES string of the molecule is CBC(/C=C(CC)/C(C)=C\C)CC. The van der Waals surface area contributed by atoms with Gasteiger partial charge < -0.3 is 0 Å². The lowest BCUT2D eigenvalue weighted by molar-refractivity contribution is 0.922. The zero-order valence-electron chi connectivity index (χ0n) is 9.85. The summed E-state index contributed by atoms with van der Waals surface area (Å²) in [6, 6.07) is 0. The van der Waals surface area contributed by atoms with Gasteiger partial charge in [-0.1, -0.05) is 50.4 Å². The largest absolute Gasteiger partial charge is 0.125 e. The molecule has 0 aliphatic carbocycles. The molecule has 0 fully saturated rings. The van der Waals surface area contributed by atoms with Crippen LogP contribution in [-0.4, -0.2) is 7.28 Å². The summed E-state index contributed by atoms with van der Waals surface area (Å²) < 4.78 is 0. The second-order valence-corrected chi connectivity index (χ2v) is 3.59. The van der Waals surface area contributed by atoms with E-state index in [1.54, 1.807) is 0 Å². The van der Waals surface area contributed by atoms with Crippen molar-refractivity contribution in [3.8, 4) is 0 Å². The van der Waals surface area contributed by atoms with Gasteiger partial charge in [-0.2, -0.15) is 0 Å². The molecule has 1 atom stereocenters. The lowest BCUT2D eigenvalue weighted by Gasteiger charge is -2.10. The minimum Gasteiger partial charge on any atom is -0.0888 e. The van der Waals surface area contributed by atoms with Crippen LogP contribution in [0.3, 0.4) is 0 Å². The molecule has 0 aliphatic rings. The summed E-state index contributed by atoms with van der Waals surface area (Å²) in [4.78, 5) is 0. The first-order valence-corrected chi connectivity index (χ1v) is 5.53. The Bertz CT molecular complexity index is 185. The van der Waals surface area contributed by atoms with Crippen LogP contribution in [0.4, 0.5) is 0 Å². The Kier molecular flexibility index (Phi) is 6.75. The van der Waals surface area contributed by atoms with Gasteiger partial charge in [0, 0.05) is 0 Å². The van der Waals surface area contributed by atoms with E-state index in [1.807, 2.05) is 0 Å². The monoisotopic (exact) mass is 178 g/mol. The maximum absolute atomic E-state index is 2.45. The van der Waals surface area contributed by atoms with Crippen molar-refractivity contribution in [1.82, 2.24) is 0 Å². The maximum atomic E-state index is 2.45. The van der Waals surface area contributed by atoms with E-state index in [4.69, 9.17) is 0 Å². The lowest BCUT2D eigenvalue weighted by Crippen LogP contribution is -1.96. The Morgan fingerprint density at radius 1 is 1.38 bits per heavy atom. The van der Waals surface area contributed by atoms with Gasteiger partial charge in [0.05, 0.1) is 0 Å². The first-order chi connectivity index (χ1) is 6.19. The van der Waals surface area contributed by atoms with Crippen LogP contribution in [0.5, 0.6) is 0 Å². The Balaban J connectivity index is 4.54. The van der Waals surface area contributed by atoms with Crippen LogP contribution >= 0.6 is 0 Å². The fourth-order valence-electron chi connectivity index (χ4n) is 1.52. The first kappa shape index (κ1) is 12.5. The molecule has 0 heterocycles. The second kappa shape index (κ2) is 7.00. The number of hydrogen-bond donors (Lipinski definition) is 0. The molecule has 0 bridgehead atoms.